The Balaban J connectivity index is 1.40. The molecular formula is C24H27BrN4O4S2. The van der Waals surface area contributed by atoms with E-state index in [9.17, 15) is 9.59 Å². The number of methoxy groups -OCH3 is 1. The standard InChI is InChI=1S/C24H27BrN4O4S2/c1-14(33-16-11-9-15(25)10-12-16)21-27-28-24(29(21)2)34-13-19(30)26-22-20(23(31)32-3)17-7-5-4-6-8-18(17)35-22/h9-12,14H,4-8,13H2,1-3H3,(H,26,30). The molecule has 35 heavy (non-hydrogen) atoms. The van der Waals surface area contributed by atoms with Crippen molar-refractivity contribution in [3.63, 3.8) is 0 Å². The quantitative estimate of drug-likeness (QED) is 0.212. The lowest BCUT2D eigenvalue weighted by Gasteiger charge is -2.14. The summed E-state index contributed by atoms with van der Waals surface area (Å²) in [5, 5.41) is 12.6. The summed E-state index contributed by atoms with van der Waals surface area (Å²) in [6.07, 6.45) is 4.72. The second kappa shape index (κ2) is 11.6. The molecule has 186 valence electrons. The number of thioether (sulfide) groups is 1. The largest absolute Gasteiger partial charge is 0.483 e. The molecule has 1 N–H and O–H groups in total. The van der Waals surface area contributed by atoms with E-state index in [0.29, 0.717) is 21.5 Å². The topological polar surface area (TPSA) is 95.3 Å². The third kappa shape index (κ3) is 6.07. The normalized spacial score (nSPS) is 14.1. The molecule has 8 nitrogen and oxygen atoms in total. The molecule has 4 rings (SSSR count). The molecule has 0 aliphatic heterocycles. The van der Waals surface area contributed by atoms with Crippen molar-refractivity contribution in [3.8, 4) is 5.75 Å². The molecule has 1 aliphatic carbocycles. The van der Waals surface area contributed by atoms with Crippen LogP contribution < -0.4 is 10.1 Å². The number of hydrogen-bond donors (Lipinski definition) is 1. The number of amides is 1. The number of anilines is 1. The number of fused-ring (bicyclic) bond motifs is 1. The summed E-state index contributed by atoms with van der Waals surface area (Å²) in [4.78, 5) is 26.4. The highest BCUT2D eigenvalue weighted by Crippen LogP contribution is 2.38. The van der Waals surface area contributed by atoms with Crippen LogP contribution in [0, 0.1) is 0 Å². The van der Waals surface area contributed by atoms with Crippen molar-refractivity contribution in [2.24, 2.45) is 7.05 Å². The Morgan fingerprint density at radius 2 is 1.94 bits per heavy atom. The number of carbonyl (C=O) groups is 2. The zero-order chi connectivity index (χ0) is 24.9. The van der Waals surface area contributed by atoms with Crippen LogP contribution in [0.2, 0.25) is 0 Å². The molecule has 0 spiro atoms. The minimum atomic E-state index is -0.398. The Bertz CT molecular complexity index is 1210. The number of carbonyl (C=O) groups excluding carboxylic acids is 2. The first-order valence-corrected chi connectivity index (χ1v) is 13.9. The number of rotatable bonds is 8. The molecule has 0 saturated carbocycles. The van der Waals surface area contributed by atoms with Gasteiger partial charge in [0, 0.05) is 16.4 Å². The Morgan fingerprint density at radius 1 is 1.20 bits per heavy atom. The maximum absolute atomic E-state index is 12.8. The molecule has 11 heteroatoms. The molecule has 0 saturated heterocycles. The van der Waals surface area contributed by atoms with E-state index in [2.05, 4.69) is 31.4 Å². The van der Waals surface area contributed by atoms with Crippen LogP contribution in [0.4, 0.5) is 5.00 Å². The van der Waals surface area contributed by atoms with Gasteiger partial charge in [-0.25, -0.2) is 4.79 Å². The van der Waals surface area contributed by atoms with Crippen molar-refractivity contribution >= 4 is 55.9 Å². The van der Waals surface area contributed by atoms with Gasteiger partial charge in [0.2, 0.25) is 5.91 Å². The van der Waals surface area contributed by atoms with E-state index in [0.717, 1.165) is 47.9 Å². The van der Waals surface area contributed by atoms with Crippen LogP contribution in [0.25, 0.3) is 0 Å². The molecule has 1 aromatic carbocycles. The first-order valence-electron chi connectivity index (χ1n) is 11.3. The first kappa shape index (κ1) is 25.7. The maximum Gasteiger partial charge on any atom is 0.341 e. The number of aryl methyl sites for hydroxylation is 1. The molecule has 1 atom stereocenters. The number of hydrogen-bond acceptors (Lipinski definition) is 8. The third-order valence-electron chi connectivity index (χ3n) is 5.75. The van der Waals surface area contributed by atoms with Crippen LogP contribution in [0.5, 0.6) is 5.75 Å². The van der Waals surface area contributed by atoms with E-state index >= 15 is 0 Å². The van der Waals surface area contributed by atoms with Crippen molar-refractivity contribution in [1.82, 2.24) is 14.8 Å². The average Bonchev–Trinajstić information content (AvgIpc) is 3.29. The summed E-state index contributed by atoms with van der Waals surface area (Å²) in [5.41, 5.74) is 1.53. The van der Waals surface area contributed by atoms with Gasteiger partial charge in [-0.15, -0.1) is 21.5 Å². The Morgan fingerprint density at radius 3 is 2.69 bits per heavy atom. The van der Waals surface area contributed by atoms with Crippen molar-refractivity contribution in [2.75, 3.05) is 18.2 Å². The lowest BCUT2D eigenvalue weighted by Crippen LogP contribution is -2.17. The molecule has 1 amide bonds. The van der Waals surface area contributed by atoms with Crippen LogP contribution in [0.15, 0.2) is 33.9 Å². The minimum absolute atomic E-state index is 0.136. The van der Waals surface area contributed by atoms with Gasteiger partial charge in [-0.3, -0.25) is 4.79 Å². The van der Waals surface area contributed by atoms with E-state index in [-0.39, 0.29) is 17.8 Å². The zero-order valence-electron chi connectivity index (χ0n) is 19.8. The molecular weight excluding hydrogens is 552 g/mol. The summed E-state index contributed by atoms with van der Waals surface area (Å²) in [6, 6.07) is 7.58. The lowest BCUT2D eigenvalue weighted by atomic mass is 10.1. The van der Waals surface area contributed by atoms with Crippen LogP contribution in [0.1, 0.15) is 58.9 Å². The van der Waals surface area contributed by atoms with Gasteiger partial charge in [-0.2, -0.15) is 0 Å². The van der Waals surface area contributed by atoms with Crippen molar-refractivity contribution < 1.29 is 19.1 Å². The maximum atomic E-state index is 12.8. The number of thiophene rings is 1. The highest BCUT2D eigenvalue weighted by molar-refractivity contribution is 9.10. The summed E-state index contributed by atoms with van der Waals surface area (Å²) in [6.45, 7) is 1.91. The van der Waals surface area contributed by atoms with Gasteiger partial charge in [0.25, 0.3) is 0 Å². The molecule has 2 heterocycles. The van der Waals surface area contributed by atoms with Gasteiger partial charge in [-0.05, 0) is 62.4 Å². The summed E-state index contributed by atoms with van der Waals surface area (Å²) >= 11 is 6.18. The predicted octanol–water partition coefficient (Wildman–Crippen LogP) is 5.57. The molecule has 3 aromatic rings. The number of nitrogens with one attached hydrogen (secondary N) is 1. The monoisotopic (exact) mass is 578 g/mol. The lowest BCUT2D eigenvalue weighted by molar-refractivity contribution is -0.113. The highest BCUT2D eigenvalue weighted by Gasteiger charge is 2.26. The van der Waals surface area contributed by atoms with Crippen LogP contribution in [-0.2, 0) is 29.4 Å². The number of benzene rings is 1. The van der Waals surface area contributed by atoms with Crippen molar-refractivity contribution in [1.29, 1.82) is 0 Å². The Kier molecular flexibility index (Phi) is 8.51. The summed E-state index contributed by atoms with van der Waals surface area (Å²) in [7, 11) is 3.22. The predicted molar refractivity (Wildman–Crippen MR) is 140 cm³/mol. The Hall–Kier alpha value is -2.37. The summed E-state index contributed by atoms with van der Waals surface area (Å²) in [5.74, 6) is 0.918. The fourth-order valence-electron chi connectivity index (χ4n) is 4.02. The van der Waals surface area contributed by atoms with Gasteiger partial charge in [0.1, 0.15) is 10.8 Å². The van der Waals surface area contributed by atoms with E-state index in [1.165, 1.54) is 35.1 Å². The third-order valence-corrected chi connectivity index (χ3v) is 8.51. The van der Waals surface area contributed by atoms with Gasteiger partial charge < -0.3 is 19.4 Å². The van der Waals surface area contributed by atoms with Gasteiger partial charge in [0.15, 0.2) is 17.1 Å². The fraction of sp³-hybridized carbons (Fsp3) is 0.417. The van der Waals surface area contributed by atoms with Crippen LogP contribution >= 0.6 is 39.0 Å². The molecule has 1 unspecified atom stereocenters. The molecule has 1 aliphatic rings. The van der Waals surface area contributed by atoms with E-state index in [1.807, 2.05) is 42.8 Å². The summed E-state index contributed by atoms with van der Waals surface area (Å²) < 4.78 is 13.8. The van der Waals surface area contributed by atoms with Gasteiger partial charge in [-0.1, -0.05) is 34.1 Å². The van der Waals surface area contributed by atoms with E-state index in [4.69, 9.17) is 9.47 Å². The van der Waals surface area contributed by atoms with Crippen molar-refractivity contribution in [3.05, 3.63) is 50.6 Å². The number of esters is 1. The van der Waals surface area contributed by atoms with Crippen LogP contribution in [-0.4, -0.2) is 39.5 Å². The molecule has 0 bridgehead atoms. The van der Waals surface area contributed by atoms with E-state index < -0.39 is 5.97 Å². The zero-order valence-corrected chi connectivity index (χ0v) is 23.0. The molecule has 0 radical (unpaired) electrons. The molecule has 2 aromatic heterocycles. The van der Waals surface area contributed by atoms with Crippen molar-refractivity contribution in [2.45, 2.75) is 50.3 Å². The number of aromatic nitrogens is 3. The van der Waals surface area contributed by atoms with E-state index in [1.54, 1.807) is 0 Å². The second-order valence-electron chi connectivity index (χ2n) is 8.21. The smallest absolute Gasteiger partial charge is 0.341 e. The second-order valence-corrected chi connectivity index (χ2v) is 11.2. The number of halogens is 1. The SMILES string of the molecule is COC(=O)c1c(NC(=O)CSc2nnc(C(C)Oc3ccc(Br)cc3)n2C)sc2c1CCCCC2. The fourth-order valence-corrected chi connectivity index (χ4v) is 6.29. The van der Waals surface area contributed by atoms with Gasteiger partial charge >= 0.3 is 5.97 Å². The first-order chi connectivity index (χ1) is 16.9. The number of ether oxygens (including phenoxy) is 2. The Labute approximate surface area is 220 Å². The average molecular weight is 580 g/mol. The van der Waals surface area contributed by atoms with Gasteiger partial charge in [0.05, 0.1) is 18.4 Å². The molecule has 0 fully saturated rings. The number of nitrogens with zero attached hydrogens (tertiary/aromatic N) is 3. The highest BCUT2D eigenvalue weighted by atomic mass is 79.9. The minimum Gasteiger partial charge on any atom is -0.483 e. The van der Waals surface area contributed by atoms with Crippen LogP contribution in [0.3, 0.4) is 0 Å².